The number of carboxylic acid groups (broad SMARTS) is 1. The van der Waals surface area contributed by atoms with Gasteiger partial charge in [0.1, 0.15) is 0 Å². The number of halogens is 1. The molecular formula is C4H7ClMgO2. The summed E-state index contributed by atoms with van der Waals surface area (Å²) in [6.45, 7) is 3.25. The van der Waals surface area contributed by atoms with Gasteiger partial charge in [0.15, 0.2) is 0 Å². The van der Waals surface area contributed by atoms with Gasteiger partial charge < -0.3 is 14.2 Å². The molecule has 0 radical (unpaired) electrons. The van der Waals surface area contributed by atoms with Gasteiger partial charge in [0, 0.05) is 0 Å². The molecule has 1 N–H and O–H groups in total. The Bertz CT molecular complexity index is 58.0. The molecule has 0 aliphatic rings. The van der Waals surface area contributed by atoms with Crippen LogP contribution in [0.15, 0.2) is 12.7 Å². The first-order valence-corrected chi connectivity index (χ1v) is 5.22. The predicted octanol–water partition coefficient (Wildman–Crippen LogP) is 1.15. The van der Waals surface area contributed by atoms with E-state index in [-0.39, 0.29) is 25.7 Å². The molecule has 0 unspecified atom stereocenters. The molecule has 0 aliphatic heterocycles. The Balaban J connectivity index is 0. The molecule has 0 bridgehead atoms. The highest BCUT2D eigenvalue weighted by atomic mass is 35.5. The van der Waals surface area contributed by atoms with E-state index in [4.69, 9.17) is 19.0 Å². The molecule has 0 fully saturated rings. The second kappa shape index (κ2) is 15.7. The summed E-state index contributed by atoms with van der Waals surface area (Å²) in [5.74, 6) is 0. The average molecular weight is 147 g/mol. The predicted molar refractivity (Wildman–Crippen MR) is 35.3 cm³/mol. The van der Waals surface area contributed by atoms with Gasteiger partial charge in [-0.3, -0.25) is 4.79 Å². The second-order valence-electron chi connectivity index (χ2n) is 0.872. The topological polar surface area (TPSA) is 37.3 Å². The van der Waals surface area contributed by atoms with Crippen molar-refractivity contribution in [3.05, 3.63) is 12.7 Å². The minimum atomic E-state index is -0.250. The SMILES string of the molecule is C=C[CH2][Mg][Cl].O=CO. The van der Waals surface area contributed by atoms with Gasteiger partial charge in [-0.25, -0.2) is 0 Å². The van der Waals surface area contributed by atoms with Crippen molar-refractivity contribution in [1.29, 1.82) is 0 Å². The third-order valence-electron chi connectivity index (χ3n) is 0.313. The van der Waals surface area contributed by atoms with Gasteiger partial charge >= 0.3 is 19.3 Å². The molecule has 0 aliphatic carbocycles. The van der Waals surface area contributed by atoms with Crippen molar-refractivity contribution in [2.24, 2.45) is 0 Å². The Kier molecular flexibility index (Phi) is 21.8. The molecule has 0 aromatic carbocycles. The molecule has 2 nitrogen and oxygen atoms in total. The highest BCUT2D eigenvalue weighted by molar-refractivity contribution is 6.93. The van der Waals surface area contributed by atoms with Gasteiger partial charge in [-0.2, -0.15) is 0 Å². The van der Waals surface area contributed by atoms with E-state index in [1.54, 1.807) is 0 Å². The van der Waals surface area contributed by atoms with Crippen molar-refractivity contribution in [2.75, 3.05) is 0 Å². The lowest BCUT2D eigenvalue weighted by molar-refractivity contribution is -0.122. The zero-order valence-corrected chi connectivity index (χ0v) is 6.68. The second-order valence-corrected chi connectivity index (χ2v) is 2.96. The van der Waals surface area contributed by atoms with Gasteiger partial charge in [-0.15, -0.1) is 17.2 Å². The van der Waals surface area contributed by atoms with E-state index in [0.717, 1.165) is 4.55 Å². The van der Waals surface area contributed by atoms with E-state index in [1.807, 2.05) is 6.08 Å². The molecule has 0 aromatic heterocycles. The summed E-state index contributed by atoms with van der Waals surface area (Å²) in [4.78, 5) is 8.36. The van der Waals surface area contributed by atoms with E-state index in [0.29, 0.717) is 0 Å². The molecule has 0 saturated carbocycles. The maximum Gasteiger partial charge on any atom is 0.504 e. The summed E-state index contributed by atoms with van der Waals surface area (Å²) >= 11 is -0.232. The van der Waals surface area contributed by atoms with Crippen molar-refractivity contribution in [3.8, 4) is 0 Å². The number of allylic oxidation sites excluding steroid dienone is 1. The Morgan fingerprint density at radius 1 is 1.88 bits per heavy atom. The van der Waals surface area contributed by atoms with Crippen LogP contribution < -0.4 is 0 Å². The lowest BCUT2D eigenvalue weighted by Crippen LogP contribution is -1.64. The van der Waals surface area contributed by atoms with Crippen molar-refractivity contribution >= 4 is 34.8 Å². The van der Waals surface area contributed by atoms with Crippen LogP contribution in [0.4, 0.5) is 0 Å². The van der Waals surface area contributed by atoms with Crippen LogP contribution in [0, 0.1) is 0 Å². The molecule has 8 heavy (non-hydrogen) atoms. The summed E-state index contributed by atoms with van der Waals surface area (Å²) in [5, 5.41) is 6.89. The lowest BCUT2D eigenvalue weighted by atomic mass is 10.8. The Morgan fingerprint density at radius 2 is 2.25 bits per heavy atom. The maximum absolute atomic E-state index is 8.36. The molecule has 0 heterocycles. The highest BCUT2D eigenvalue weighted by Crippen LogP contribution is 1.78. The lowest BCUT2D eigenvalue weighted by Gasteiger charge is -1.65. The summed E-state index contributed by atoms with van der Waals surface area (Å²) in [5.41, 5.74) is 0. The largest absolute Gasteiger partial charge is 0.504 e. The summed E-state index contributed by atoms with van der Waals surface area (Å²) < 4.78 is 1.06. The molecule has 0 amide bonds. The molecule has 4 heteroatoms. The van der Waals surface area contributed by atoms with E-state index < -0.39 is 0 Å². The third-order valence-corrected chi connectivity index (χ3v) is 1.59. The molecule has 0 atom stereocenters. The highest BCUT2D eigenvalue weighted by Gasteiger charge is 1.77. The van der Waals surface area contributed by atoms with Crippen LogP contribution in [-0.4, -0.2) is 30.8 Å². The van der Waals surface area contributed by atoms with Crippen LogP contribution in [-0.2, 0) is 4.79 Å². The fourth-order valence-electron chi connectivity index (χ4n) is 0.0772. The van der Waals surface area contributed by atoms with Crippen LogP contribution >= 0.6 is 9.07 Å². The van der Waals surface area contributed by atoms with Crippen molar-refractivity contribution in [1.82, 2.24) is 0 Å². The maximum atomic E-state index is 8.36. The number of hydrogen-bond donors (Lipinski definition) is 1. The van der Waals surface area contributed by atoms with Crippen molar-refractivity contribution in [2.45, 2.75) is 4.55 Å². The zero-order valence-electron chi connectivity index (χ0n) is 4.51. The minimum absolute atomic E-state index is 0.232. The van der Waals surface area contributed by atoms with Gasteiger partial charge in [0.25, 0.3) is 6.47 Å². The number of rotatable bonds is 2. The van der Waals surface area contributed by atoms with Gasteiger partial charge in [-0.05, 0) is 0 Å². The Labute approximate surface area is 62.0 Å². The number of hydrogen-bond acceptors (Lipinski definition) is 1. The minimum Gasteiger partial charge on any atom is -0.483 e. The fraction of sp³-hybridized carbons (Fsp3) is 0.250. The van der Waals surface area contributed by atoms with Crippen LogP contribution in [0.1, 0.15) is 0 Å². The smallest absolute Gasteiger partial charge is 0.483 e. The van der Waals surface area contributed by atoms with E-state index in [2.05, 4.69) is 6.58 Å². The van der Waals surface area contributed by atoms with E-state index >= 15 is 0 Å². The standard InChI is InChI=1S/C3H5.CH2O2.ClH.Mg/c1-3-2;2-1-3;;/h3H,1-2H2;1H,(H,2,3);1H;/q;;;+1/p-1. The van der Waals surface area contributed by atoms with Crippen LogP contribution in [0.5, 0.6) is 0 Å². The first-order chi connectivity index (χ1) is 3.83. The Hall–Kier alpha value is 0.266. The molecule has 0 rings (SSSR count). The number of carbonyl (C=O) groups is 1. The average Bonchev–Trinajstić information content (AvgIpc) is 1.71. The van der Waals surface area contributed by atoms with Gasteiger partial charge in [0.2, 0.25) is 0 Å². The zero-order chi connectivity index (χ0) is 6.83. The van der Waals surface area contributed by atoms with Crippen LogP contribution in [0.3, 0.4) is 0 Å². The van der Waals surface area contributed by atoms with E-state index in [9.17, 15) is 0 Å². The van der Waals surface area contributed by atoms with Crippen LogP contribution in [0.2, 0.25) is 4.55 Å². The van der Waals surface area contributed by atoms with Crippen LogP contribution in [0.25, 0.3) is 0 Å². The quantitative estimate of drug-likeness (QED) is 0.361. The molecule has 0 aromatic rings. The molecule has 0 spiro atoms. The summed E-state index contributed by atoms with van der Waals surface area (Å²) in [6, 6.07) is 0. The fourth-order valence-corrected chi connectivity index (χ4v) is 0.694. The molecular weight excluding hydrogens is 140 g/mol. The normalized spacial score (nSPS) is 5.12. The molecule has 44 valence electrons. The Morgan fingerprint density at radius 3 is 2.25 bits per heavy atom. The summed E-state index contributed by atoms with van der Waals surface area (Å²) in [6.07, 6.45) is 1.86. The third kappa shape index (κ3) is 33.8. The van der Waals surface area contributed by atoms with Gasteiger partial charge in [0.05, 0.1) is 0 Å². The molecule has 0 saturated heterocycles. The van der Waals surface area contributed by atoms with Crippen molar-refractivity contribution < 1.29 is 9.90 Å². The van der Waals surface area contributed by atoms with Crippen molar-refractivity contribution in [3.63, 3.8) is 0 Å². The first-order valence-electron chi connectivity index (χ1n) is 2.08. The van der Waals surface area contributed by atoms with E-state index in [1.165, 1.54) is 0 Å². The monoisotopic (exact) mass is 146 g/mol. The summed E-state index contributed by atoms with van der Waals surface area (Å²) in [7, 11) is 5.37. The van der Waals surface area contributed by atoms with Gasteiger partial charge in [-0.1, -0.05) is 0 Å². The first kappa shape index (κ1) is 11.1.